The number of nitrogens with one attached hydrogen (secondary N) is 1. The Labute approximate surface area is 149 Å². The summed E-state index contributed by atoms with van der Waals surface area (Å²) in [5.74, 6) is 0.298. The van der Waals surface area contributed by atoms with Crippen LogP contribution in [0, 0.1) is 0 Å². The maximum atomic E-state index is 11.5. The van der Waals surface area contributed by atoms with E-state index in [1.807, 2.05) is 12.1 Å². The van der Waals surface area contributed by atoms with Gasteiger partial charge < -0.3 is 10.4 Å². The van der Waals surface area contributed by atoms with E-state index in [0.29, 0.717) is 15.4 Å². The quantitative estimate of drug-likeness (QED) is 0.817. The first kappa shape index (κ1) is 17.7. The number of benzene rings is 1. The number of hydrogen-bond acceptors (Lipinski definition) is 8. The average Bonchev–Trinajstić information content (AvgIpc) is 3.03. The van der Waals surface area contributed by atoms with Gasteiger partial charge in [0, 0.05) is 5.69 Å². The molecule has 1 aliphatic rings. The van der Waals surface area contributed by atoms with Crippen LogP contribution >= 0.6 is 23.1 Å². The average molecular weight is 386 g/mol. The zero-order chi connectivity index (χ0) is 17.3. The van der Waals surface area contributed by atoms with Crippen molar-refractivity contribution in [1.29, 1.82) is 0 Å². The van der Waals surface area contributed by atoms with Crippen LogP contribution in [0.4, 0.5) is 10.8 Å². The van der Waals surface area contributed by atoms with Crippen molar-refractivity contribution in [2.75, 3.05) is 16.8 Å². The van der Waals surface area contributed by atoms with Crippen molar-refractivity contribution < 1.29 is 13.5 Å². The molecule has 0 spiro atoms. The predicted octanol–water partition coefficient (Wildman–Crippen LogP) is 2.66. The van der Waals surface area contributed by atoms with Gasteiger partial charge in [0.1, 0.15) is 0 Å². The van der Waals surface area contributed by atoms with Gasteiger partial charge in [-0.2, -0.15) is 0 Å². The lowest BCUT2D eigenvalue weighted by Crippen LogP contribution is -2.19. The molecule has 9 heteroatoms. The second-order valence-corrected chi connectivity index (χ2v) is 10.7. The number of rotatable bonds is 5. The minimum Gasteiger partial charge on any atom is -0.391 e. The van der Waals surface area contributed by atoms with Crippen molar-refractivity contribution >= 4 is 43.8 Å². The van der Waals surface area contributed by atoms with Gasteiger partial charge in [-0.25, -0.2) is 8.42 Å². The van der Waals surface area contributed by atoms with E-state index in [9.17, 15) is 13.5 Å². The summed E-state index contributed by atoms with van der Waals surface area (Å²) in [4.78, 5) is 0. The third-order valence-electron chi connectivity index (χ3n) is 3.76. The lowest BCUT2D eigenvalue weighted by molar-refractivity contribution is 0.207. The van der Waals surface area contributed by atoms with Crippen molar-refractivity contribution in [3.05, 3.63) is 29.8 Å². The molecule has 2 heterocycles. The van der Waals surface area contributed by atoms with Gasteiger partial charge in [0.05, 0.1) is 22.9 Å². The number of aliphatic hydroxyl groups is 1. The molecule has 1 saturated heterocycles. The van der Waals surface area contributed by atoms with Crippen LogP contribution < -0.4 is 5.32 Å². The zero-order valence-electron chi connectivity index (χ0n) is 13.3. The van der Waals surface area contributed by atoms with Crippen molar-refractivity contribution in [1.82, 2.24) is 10.2 Å². The van der Waals surface area contributed by atoms with Crippen LogP contribution in [-0.4, -0.2) is 46.6 Å². The van der Waals surface area contributed by atoms with E-state index in [1.54, 1.807) is 0 Å². The summed E-state index contributed by atoms with van der Waals surface area (Å²) in [6.07, 6.45) is -0.844. The number of thioether (sulfide) groups is 1. The van der Waals surface area contributed by atoms with Gasteiger partial charge in [-0.05, 0) is 23.6 Å². The first-order valence-electron chi connectivity index (χ1n) is 7.58. The molecular formula is C15H19N3O3S3. The molecule has 0 aliphatic carbocycles. The second kappa shape index (κ2) is 6.99. The van der Waals surface area contributed by atoms with Crippen LogP contribution in [0.1, 0.15) is 25.3 Å². The highest BCUT2D eigenvalue weighted by Crippen LogP contribution is 2.35. The Bertz CT molecular complexity index is 803. The van der Waals surface area contributed by atoms with Crippen LogP contribution in [0.25, 0.3) is 0 Å². The molecule has 0 unspecified atom stereocenters. The molecule has 2 atom stereocenters. The molecule has 1 fully saturated rings. The summed E-state index contributed by atoms with van der Waals surface area (Å²) in [6.45, 7) is 4.29. The molecule has 130 valence electrons. The molecule has 24 heavy (non-hydrogen) atoms. The molecule has 6 nitrogen and oxygen atoms in total. The highest BCUT2D eigenvalue weighted by atomic mass is 32.2. The summed E-state index contributed by atoms with van der Waals surface area (Å²) in [7, 11) is -3.15. The Balaban J connectivity index is 1.63. The molecule has 1 aliphatic heterocycles. The third kappa shape index (κ3) is 4.27. The maximum Gasteiger partial charge on any atom is 0.210 e. The first-order valence-corrected chi connectivity index (χ1v) is 11.1. The van der Waals surface area contributed by atoms with E-state index in [2.05, 4.69) is 41.5 Å². The van der Waals surface area contributed by atoms with Crippen molar-refractivity contribution in [3.8, 4) is 0 Å². The SMILES string of the molecule is CC(C)c1ccc(Nc2nnc(S[C@@H]3CS(=O)(=O)C[C@H]3O)s2)cc1. The molecule has 0 saturated carbocycles. The fourth-order valence-electron chi connectivity index (χ4n) is 2.42. The van der Waals surface area contributed by atoms with Crippen LogP contribution in [0.5, 0.6) is 0 Å². The molecule has 0 radical (unpaired) electrons. The lowest BCUT2D eigenvalue weighted by Gasteiger charge is -2.08. The minimum absolute atomic E-state index is 0.0160. The van der Waals surface area contributed by atoms with E-state index in [1.165, 1.54) is 28.7 Å². The van der Waals surface area contributed by atoms with E-state index in [0.717, 1.165) is 5.69 Å². The van der Waals surface area contributed by atoms with Gasteiger partial charge in [-0.15, -0.1) is 10.2 Å². The largest absolute Gasteiger partial charge is 0.391 e. The van der Waals surface area contributed by atoms with Crippen LogP contribution in [0.2, 0.25) is 0 Å². The zero-order valence-corrected chi connectivity index (χ0v) is 15.8. The number of nitrogens with zero attached hydrogens (tertiary/aromatic N) is 2. The number of hydrogen-bond donors (Lipinski definition) is 2. The third-order valence-corrected chi connectivity index (χ3v) is 7.93. The highest BCUT2D eigenvalue weighted by Gasteiger charge is 2.37. The molecule has 1 aromatic heterocycles. The minimum atomic E-state index is -3.15. The van der Waals surface area contributed by atoms with Gasteiger partial charge in [-0.1, -0.05) is 49.1 Å². The first-order chi connectivity index (χ1) is 11.3. The highest BCUT2D eigenvalue weighted by molar-refractivity contribution is 8.03. The molecule has 0 bridgehead atoms. The van der Waals surface area contributed by atoms with Gasteiger partial charge in [0.15, 0.2) is 14.2 Å². The van der Waals surface area contributed by atoms with Crippen LogP contribution in [0.15, 0.2) is 28.6 Å². The molecule has 1 aromatic carbocycles. The predicted molar refractivity (Wildman–Crippen MR) is 98.0 cm³/mol. The Hall–Kier alpha value is -1.16. The van der Waals surface area contributed by atoms with Crippen molar-refractivity contribution in [3.63, 3.8) is 0 Å². The summed E-state index contributed by atoms with van der Waals surface area (Å²) in [5, 5.41) is 21.4. The topological polar surface area (TPSA) is 92.2 Å². The molecule has 0 amide bonds. The monoisotopic (exact) mass is 385 g/mol. The van der Waals surface area contributed by atoms with Gasteiger partial charge in [0.2, 0.25) is 5.13 Å². The second-order valence-electron chi connectivity index (χ2n) is 6.08. The Morgan fingerprint density at radius 1 is 1.25 bits per heavy atom. The standard InChI is InChI=1S/C15H19N3O3S3/c1-9(2)10-3-5-11(6-4-10)16-14-17-18-15(23-14)22-13-8-24(20,21)7-12(13)19/h3-6,9,12-13,19H,7-8H2,1-2H3,(H,16,17)/t12-,13-/m1/s1. The summed E-state index contributed by atoms with van der Waals surface area (Å²) >= 11 is 2.63. The normalized spacial score (nSPS) is 22.8. The Morgan fingerprint density at radius 3 is 2.54 bits per heavy atom. The maximum absolute atomic E-state index is 11.5. The molecule has 2 aromatic rings. The Morgan fingerprint density at radius 2 is 1.96 bits per heavy atom. The van der Waals surface area contributed by atoms with E-state index in [4.69, 9.17) is 0 Å². The van der Waals surface area contributed by atoms with Crippen LogP contribution in [-0.2, 0) is 9.84 Å². The number of sulfone groups is 1. The number of aliphatic hydroxyl groups excluding tert-OH is 1. The fourth-order valence-corrected chi connectivity index (χ4v) is 6.95. The van der Waals surface area contributed by atoms with Gasteiger partial charge in [-0.3, -0.25) is 0 Å². The number of aromatic nitrogens is 2. The number of anilines is 2. The van der Waals surface area contributed by atoms with Gasteiger partial charge >= 0.3 is 0 Å². The summed E-state index contributed by atoms with van der Waals surface area (Å²) in [6, 6.07) is 8.14. The Kier molecular flexibility index (Phi) is 5.14. The van der Waals surface area contributed by atoms with Gasteiger partial charge in [0.25, 0.3) is 0 Å². The fraction of sp³-hybridized carbons (Fsp3) is 0.467. The van der Waals surface area contributed by atoms with Crippen LogP contribution in [0.3, 0.4) is 0 Å². The van der Waals surface area contributed by atoms with Crippen molar-refractivity contribution in [2.45, 2.75) is 35.5 Å². The van der Waals surface area contributed by atoms with E-state index >= 15 is 0 Å². The van der Waals surface area contributed by atoms with E-state index < -0.39 is 15.9 Å². The smallest absolute Gasteiger partial charge is 0.210 e. The molecule has 3 rings (SSSR count). The summed E-state index contributed by atoms with van der Waals surface area (Å²) < 4.78 is 23.7. The summed E-state index contributed by atoms with van der Waals surface area (Å²) in [5.41, 5.74) is 2.20. The molecular weight excluding hydrogens is 366 g/mol. The molecule has 2 N–H and O–H groups in total. The lowest BCUT2D eigenvalue weighted by atomic mass is 10.0. The van der Waals surface area contributed by atoms with Crippen molar-refractivity contribution in [2.24, 2.45) is 0 Å². The van der Waals surface area contributed by atoms with E-state index in [-0.39, 0.29) is 16.8 Å².